The Balaban J connectivity index is 0. The number of hydrogen-bond donors (Lipinski definition) is 2. The van der Waals surface area contributed by atoms with Crippen LogP contribution in [0, 0.1) is 5.41 Å². The van der Waals surface area contributed by atoms with Crippen LogP contribution in [0.3, 0.4) is 0 Å². The van der Waals surface area contributed by atoms with Gasteiger partial charge in [-0.15, -0.1) is 17.0 Å². The molecule has 0 saturated carbocycles. The Morgan fingerprint density at radius 3 is 1.47 bits per heavy atom. The Morgan fingerprint density at radius 2 is 1.16 bits per heavy atom. The molecule has 0 aliphatic rings. The number of nitrogens with one attached hydrogen (secondary N) is 1. The van der Waals surface area contributed by atoms with Gasteiger partial charge < -0.3 is 10.6 Å². The van der Waals surface area contributed by atoms with Crippen LogP contribution in [0.4, 0.5) is 0 Å². The first-order valence-electron chi connectivity index (χ1n) is 7.81. The minimum Gasteiger partial charge on any atom is -0.370 e. The van der Waals surface area contributed by atoms with Crippen LogP contribution in [0.1, 0.15) is 78.1 Å². The van der Waals surface area contributed by atoms with Crippen molar-refractivity contribution in [2.75, 3.05) is 13.1 Å². The normalized spacial score (nSPS) is 10.0. The largest absolute Gasteiger partial charge is 0.370 e. The van der Waals surface area contributed by atoms with E-state index < -0.39 is 0 Å². The number of hydrogen-bond acceptors (Lipinski definition) is 1. The van der Waals surface area contributed by atoms with Crippen molar-refractivity contribution in [3.63, 3.8) is 0 Å². The zero-order valence-corrected chi connectivity index (χ0v) is 14.6. The Bertz CT molecular complexity index is 184. The summed E-state index contributed by atoms with van der Waals surface area (Å²) in [5, 5.41) is 7.59. The molecule has 0 aliphatic heterocycles. The first-order valence-corrected chi connectivity index (χ1v) is 7.81. The second kappa shape index (κ2) is 15.8. The quantitative estimate of drug-likeness (QED) is 0.308. The first kappa shape index (κ1) is 21.1. The van der Waals surface area contributed by atoms with Crippen molar-refractivity contribution >= 4 is 22.9 Å². The Kier molecular flexibility index (Phi) is 17.5. The molecule has 4 heteroatoms. The highest BCUT2D eigenvalue weighted by atomic mass is 79.9. The molecule has 19 heavy (non-hydrogen) atoms. The predicted molar refractivity (Wildman–Crippen MR) is 91.3 cm³/mol. The molecule has 0 aliphatic carbocycles. The monoisotopic (exact) mass is 335 g/mol. The van der Waals surface area contributed by atoms with Crippen LogP contribution < -0.4 is 5.73 Å². The number of rotatable bonds is 12. The van der Waals surface area contributed by atoms with Crippen LogP contribution in [0.25, 0.3) is 0 Å². The van der Waals surface area contributed by atoms with Crippen molar-refractivity contribution in [3.05, 3.63) is 0 Å². The van der Waals surface area contributed by atoms with Crippen molar-refractivity contribution in [2.45, 2.75) is 78.1 Å². The van der Waals surface area contributed by atoms with Crippen LogP contribution in [-0.2, 0) is 0 Å². The van der Waals surface area contributed by atoms with Crippen LogP contribution in [0.2, 0.25) is 0 Å². The third-order valence-electron chi connectivity index (χ3n) is 3.40. The van der Waals surface area contributed by atoms with E-state index in [-0.39, 0.29) is 22.9 Å². The molecule has 0 unspecified atom stereocenters. The summed E-state index contributed by atoms with van der Waals surface area (Å²) in [5.41, 5.74) is 5.63. The van der Waals surface area contributed by atoms with E-state index in [9.17, 15) is 0 Å². The summed E-state index contributed by atoms with van der Waals surface area (Å²) in [5.74, 6) is 0.251. The SMILES string of the molecule is Br.CCCCCCCN(CCCCCCC)C(=N)N. The smallest absolute Gasteiger partial charge is 0.188 e. The van der Waals surface area contributed by atoms with Gasteiger partial charge in [0.05, 0.1) is 0 Å². The van der Waals surface area contributed by atoms with Gasteiger partial charge in [-0.2, -0.15) is 0 Å². The molecule has 0 fully saturated rings. The van der Waals surface area contributed by atoms with Gasteiger partial charge in [-0.25, -0.2) is 0 Å². The lowest BCUT2D eigenvalue weighted by molar-refractivity contribution is 0.379. The van der Waals surface area contributed by atoms with Gasteiger partial charge in [0.15, 0.2) is 5.96 Å². The van der Waals surface area contributed by atoms with E-state index in [0.717, 1.165) is 13.1 Å². The minimum atomic E-state index is 0. The summed E-state index contributed by atoms with van der Waals surface area (Å²) in [7, 11) is 0. The van der Waals surface area contributed by atoms with E-state index >= 15 is 0 Å². The molecular weight excluding hydrogens is 302 g/mol. The fraction of sp³-hybridized carbons (Fsp3) is 0.933. The summed E-state index contributed by atoms with van der Waals surface area (Å²) in [6.45, 7) is 6.40. The van der Waals surface area contributed by atoms with Gasteiger partial charge in [-0.05, 0) is 12.8 Å². The molecule has 0 amide bonds. The van der Waals surface area contributed by atoms with E-state index in [1.54, 1.807) is 0 Å². The molecule has 0 radical (unpaired) electrons. The molecule has 0 atom stereocenters. The van der Waals surface area contributed by atoms with Crippen LogP contribution >= 0.6 is 17.0 Å². The number of nitrogens with two attached hydrogens (primary N) is 1. The van der Waals surface area contributed by atoms with Crippen molar-refractivity contribution in [1.82, 2.24) is 4.90 Å². The summed E-state index contributed by atoms with van der Waals surface area (Å²) in [4.78, 5) is 2.04. The van der Waals surface area contributed by atoms with Gasteiger partial charge in [0.2, 0.25) is 0 Å². The third kappa shape index (κ3) is 14.0. The average Bonchev–Trinajstić information content (AvgIpc) is 2.35. The lowest BCUT2D eigenvalue weighted by Crippen LogP contribution is -2.37. The predicted octanol–water partition coefficient (Wildman–Crippen LogP) is 4.70. The standard InChI is InChI=1S/C15H33N3.BrH/c1-3-5-7-9-11-13-18(15(16)17)14-12-10-8-6-4-2;/h3-14H2,1-2H3,(H3,16,17);1H. The van der Waals surface area contributed by atoms with Crippen LogP contribution in [0.15, 0.2) is 0 Å². The molecule has 0 spiro atoms. The van der Waals surface area contributed by atoms with Gasteiger partial charge >= 0.3 is 0 Å². The van der Waals surface area contributed by atoms with Crippen LogP contribution in [0.5, 0.6) is 0 Å². The second-order valence-electron chi connectivity index (χ2n) is 5.20. The fourth-order valence-corrected chi connectivity index (χ4v) is 2.17. The van der Waals surface area contributed by atoms with E-state index in [0.29, 0.717) is 0 Å². The molecule has 0 bridgehead atoms. The Labute approximate surface area is 130 Å². The minimum absolute atomic E-state index is 0. The van der Waals surface area contributed by atoms with E-state index in [2.05, 4.69) is 13.8 Å². The summed E-state index contributed by atoms with van der Waals surface area (Å²) < 4.78 is 0. The molecule has 0 saturated heterocycles. The van der Waals surface area contributed by atoms with Gasteiger partial charge in [0.1, 0.15) is 0 Å². The zero-order valence-electron chi connectivity index (χ0n) is 12.9. The Morgan fingerprint density at radius 1 is 0.789 bits per heavy atom. The zero-order chi connectivity index (χ0) is 13.6. The lowest BCUT2D eigenvalue weighted by atomic mass is 10.1. The molecular formula is C15H34BrN3. The van der Waals surface area contributed by atoms with Crippen molar-refractivity contribution in [1.29, 1.82) is 5.41 Å². The molecule has 0 aromatic heterocycles. The lowest BCUT2D eigenvalue weighted by Gasteiger charge is -2.22. The van der Waals surface area contributed by atoms with E-state index in [4.69, 9.17) is 11.1 Å². The second-order valence-corrected chi connectivity index (χ2v) is 5.20. The summed E-state index contributed by atoms with van der Waals surface area (Å²) in [6.07, 6.45) is 12.8. The topological polar surface area (TPSA) is 53.1 Å². The van der Waals surface area contributed by atoms with Gasteiger partial charge in [0.25, 0.3) is 0 Å². The molecule has 0 aromatic carbocycles. The van der Waals surface area contributed by atoms with E-state index in [1.807, 2.05) is 4.90 Å². The molecule has 0 heterocycles. The highest BCUT2D eigenvalue weighted by Crippen LogP contribution is 2.06. The fourth-order valence-electron chi connectivity index (χ4n) is 2.17. The third-order valence-corrected chi connectivity index (χ3v) is 3.40. The molecule has 3 nitrogen and oxygen atoms in total. The average molecular weight is 336 g/mol. The number of guanidine groups is 1. The highest BCUT2D eigenvalue weighted by molar-refractivity contribution is 8.93. The van der Waals surface area contributed by atoms with Gasteiger partial charge in [0, 0.05) is 13.1 Å². The molecule has 0 aromatic rings. The first-order chi connectivity index (χ1) is 8.72. The summed E-state index contributed by atoms with van der Waals surface area (Å²) >= 11 is 0. The van der Waals surface area contributed by atoms with Gasteiger partial charge in [-0.3, -0.25) is 5.41 Å². The number of halogens is 1. The highest BCUT2D eigenvalue weighted by Gasteiger charge is 2.05. The van der Waals surface area contributed by atoms with Crippen LogP contribution in [-0.4, -0.2) is 23.9 Å². The molecule has 3 N–H and O–H groups in total. The maximum Gasteiger partial charge on any atom is 0.188 e. The maximum absolute atomic E-state index is 7.59. The van der Waals surface area contributed by atoms with Gasteiger partial charge in [-0.1, -0.05) is 65.2 Å². The Hall–Kier alpha value is -0.250. The molecule has 116 valence electrons. The number of unbranched alkanes of at least 4 members (excludes halogenated alkanes) is 8. The van der Waals surface area contributed by atoms with Crippen molar-refractivity contribution in [2.24, 2.45) is 5.73 Å². The number of nitrogens with zero attached hydrogens (tertiary/aromatic N) is 1. The summed E-state index contributed by atoms with van der Waals surface area (Å²) in [6, 6.07) is 0. The molecule has 0 rings (SSSR count). The van der Waals surface area contributed by atoms with Crippen molar-refractivity contribution < 1.29 is 0 Å². The maximum atomic E-state index is 7.59. The van der Waals surface area contributed by atoms with E-state index in [1.165, 1.54) is 64.2 Å². The van der Waals surface area contributed by atoms with Crippen molar-refractivity contribution in [3.8, 4) is 0 Å².